The van der Waals surface area contributed by atoms with Gasteiger partial charge in [-0.3, -0.25) is 0 Å². The van der Waals surface area contributed by atoms with Crippen molar-refractivity contribution in [2.24, 2.45) is 0 Å². The standard InChI is InChI=1S/C26H17Cl/c27-26-17-23(22-11-9-18-5-1-3-7-20(18)15-22)13-14-25(26)24-12-10-19-6-2-4-8-21(19)16-24/h1-17H. The molecule has 0 amide bonds. The molecule has 0 aliphatic heterocycles. The van der Waals surface area contributed by atoms with Crippen LogP contribution in [0.25, 0.3) is 43.8 Å². The summed E-state index contributed by atoms with van der Waals surface area (Å²) in [5.74, 6) is 0. The molecule has 0 aliphatic carbocycles. The highest BCUT2D eigenvalue weighted by molar-refractivity contribution is 6.33. The van der Waals surface area contributed by atoms with Crippen LogP contribution in [0.3, 0.4) is 0 Å². The Hall–Kier alpha value is -3.09. The molecule has 0 aromatic heterocycles. The SMILES string of the molecule is Clc1cc(-c2ccc3ccccc3c2)ccc1-c1ccc2ccccc2c1. The fourth-order valence-corrected chi connectivity index (χ4v) is 3.94. The van der Waals surface area contributed by atoms with Gasteiger partial charge in [-0.15, -0.1) is 0 Å². The molecule has 0 unspecified atom stereocenters. The molecule has 0 saturated carbocycles. The van der Waals surface area contributed by atoms with Crippen molar-refractivity contribution < 1.29 is 0 Å². The average Bonchev–Trinajstić information content (AvgIpc) is 2.73. The molecular formula is C26H17Cl. The molecule has 5 aromatic carbocycles. The second-order valence-electron chi connectivity index (χ2n) is 6.82. The van der Waals surface area contributed by atoms with Gasteiger partial charge in [-0.2, -0.15) is 0 Å². The van der Waals surface area contributed by atoms with Gasteiger partial charge in [-0.05, 0) is 56.4 Å². The lowest BCUT2D eigenvalue weighted by molar-refractivity contribution is 1.61. The van der Waals surface area contributed by atoms with Gasteiger partial charge in [0.2, 0.25) is 0 Å². The van der Waals surface area contributed by atoms with Crippen LogP contribution in [0.4, 0.5) is 0 Å². The Morgan fingerprint density at radius 2 is 0.889 bits per heavy atom. The van der Waals surface area contributed by atoms with Crippen molar-refractivity contribution in [1.82, 2.24) is 0 Å². The van der Waals surface area contributed by atoms with Gasteiger partial charge >= 0.3 is 0 Å². The van der Waals surface area contributed by atoms with E-state index in [9.17, 15) is 0 Å². The van der Waals surface area contributed by atoms with Crippen molar-refractivity contribution in [3.63, 3.8) is 0 Å². The third-order valence-electron chi connectivity index (χ3n) is 5.11. The monoisotopic (exact) mass is 364 g/mol. The third kappa shape index (κ3) is 2.99. The Balaban J connectivity index is 1.57. The molecule has 0 saturated heterocycles. The summed E-state index contributed by atoms with van der Waals surface area (Å²) in [5.41, 5.74) is 4.52. The Morgan fingerprint density at radius 3 is 1.52 bits per heavy atom. The number of benzene rings is 5. The first-order valence-electron chi connectivity index (χ1n) is 9.06. The maximum Gasteiger partial charge on any atom is 0.0490 e. The van der Waals surface area contributed by atoms with Gasteiger partial charge in [0.15, 0.2) is 0 Å². The van der Waals surface area contributed by atoms with Crippen LogP contribution in [0.1, 0.15) is 0 Å². The lowest BCUT2D eigenvalue weighted by Gasteiger charge is -2.10. The minimum Gasteiger partial charge on any atom is -0.0836 e. The van der Waals surface area contributed by atoms with E-state index in [1.807, 2.05) is 0 Å². The predicted octanol–water partition coefficient (Wildman–Crippen LogP) is 7.98. The number of fused-ring (bicyclic) bond motifs is 2. The summed E-state index contributed by atoms with van der Waals surface area (Å²) >= 11 is 6.68. The summed E-state index contributed by atoms with van der Waals surface area (Å²) in [6.45, 7) is 0. The van der Waals surface area contributed by atoms with Crippen LogP contribution < -0.4 is 0 Å². The highest BCUT2D eigenvalue weighted by Gasteiger charge is 2.07. The summed E-state index contributed by atoms with van der Waals surface area (Å²) in [6.07, 6.45) is 0. The van der Waals surface area contributed by atoms with Crippen molar-refractivity contribution in [2.75, 3.05) is 0 Å². The van der Waals surface area contributed by atoms with Crippen LogP contribution >= 0.6 is 11.6 Å². The summed E-state index contributed by atoms with van der Waals surface area (Å²) in [4.78, 5) is 0. The van der Waals surface area contributed by atoms with Crippen LogP contribution in [0.5, 0.6) is 0 Å². The Bertz CT molecular complexity index is 1280. The number of halogens is 1. The molecule has 128 valence electrons. The first-order valence-corrected chi connectivity index (χ1v) is 9.44. The zero-order valence-electron chi connectivity index (χ0n) is 14.7. The second-order valence-corrected chi connectivity index (χ2v) is 7.23. The molecule has 5 rings (SSSR count). The molecule has 0 N–H and O–H groups in total. The van der Waals surface area contributed by atoms with Crippen LogP contribution in [0, 0.1) is 0 Å². The molecule has 0 atom stereocenters. The summed E-state index contributed by atoms with van der Waals surface area (Å²) in [6, 6.07) is 36.2. The van der Waals surface area contributed by atoms with E-state index in [-0.39, 0.29) is 0 Å². The number of hydrogen-bond acceptors (Lipinski definition) is 0. The van der Waals surface area contributed by atoms with Crippen molar-refractivity contribution >= 4 is 33.1 Å². The topological polar surface area (TPSA) is 0 Å². The van der Waals surface area contributed by atoms with Crippen molar-refractivity contribution in [3.05, 3.63) is 108 Å². The zero-order chi connectivity index (χ0) is 18.2. The molecule has 0 fully saturated rings. The Labute approximate surface area is 163 Å². The predicted molar refractivity (Wildman–Crippen MR) is 117 cm³/mol. The molecule has 0 nitrogen and oxygen atoms in total. The maximum absolute atomic E-state index is 6.68. The van der Waals surface area contributed by atoms with E-state index >= 15 is 0 Å². The van der Waals surface area contributed by atoms with Crippen LogP contribution in [-0.2, 0) is 0 Å². The van der Waals surface area contributed by atoms with Crippen molar-refractivity contribution in [3.8, 4) is 22.3 Å². The van der Waals surface area contributed by atoms with E-state index in [4.69, 9.17) is 11.6 Å². The Morgan fingerprint density at radius 1 is 0.407 bits per heavy atom. The number of hydrogen-bond donors (Lipinski definition) is 0. The highest BCUT2D eigenvalue weighted by Crippen LogP contribution is 2.34. The van der Waals surface area contributed by atoms with Gasteiger partial charge in [0.25, 0.3) is 0 Å². The first-order chi connectivity index (χ1) is 13.3. The van der Waals surface area contributed by atoms with Crippen LogP contribution in [0.15, 0.2) is 103 Å². The molecule has 0 aliphatic rings. The van der Waals surface area contributed by atoms with Crippen molar-refractivity contribution in [1.29, 1.82) is 0 Å². The van der Waals surface area contributed by atoms with Crippen molar-refractivity contribution in [2.45, 2.75) is 0 Å². The van der Waals surface area contributed by atoms with Gasteiger partial charge in [0, 0.05) is 10.6 Å². The van der Waals surface area contributed by atoms with Gasteiger partial charge < -0.3 is 0 Å². The van der Waals surface area contributed by atoms with E-state index in [2.05, 4.69) is 103 Å². The molecular weight excluding hydrogens is 348 g/mol. The van der Waals surface area contributed by atoms with E-state index in [1.54, 1.807) is 0 Å². The second kappa shape index (κ2) is 6.57. The quantitative estimate of drug-likeness (QED) is 0.298. The molecule has 0 spiro atoms. The van der Waals surface area contributed by atoms with E-state index < -0.39 is 0 Å². The maximum atomic E-state index is 6.68. The zero-order valence-corrected chi connectivity index (χ0v) is 15.4. The number of rotatable bonds is 2. The normalized spacial score (nSPS) is 11.1. The van der Waals surface area contributed by atoms with Crippen LogP contribution in [0.2, 0.25) is 5.02 Å². The largest absolute Gasteiger partial charge is 0.0836 e. The summed E-state index contributed by atoms with van der Waals surface area (Å²) in [7, 11) is 0. The van der Waals surface area contributed by atoms with Gasteiger partial charge in [0.1, 0.15) is 0 Å². The highest BCUT2D eigenvalue weighted by atomic mass is 35.5. The van der Waals surface area contributed by atoms with E-state index in [0.717, 1.165) is 21.7 Å². The third-order valence-corrected chi connectivity index (χ3v) is 5.43. The van der Waals surface area contributed by atoms with Gasteiger partial charge in [0.05, 0.1) is 0 Å². The molecule has 5 aromatic rings. The lowest BCUT2D eigenvalue weighted by atomic mass is 9.97. The van der Waals surface area contributed by atoms with Gasteiger partial charge in [-0.25, -0.2) is 0 Å². The molecule has 1 heteroatoms. The fraction of sp³-hybridized carbons (Fsp3) is 0. The molecule has 0 heterocycles. The summed E-state index contributed by atoms with van der Waals surface area (Å²) in [5, 5.41) is 5.73. The van der Waals surface area contributed by atoms with Gasteiger partial charge in [-0.1, -0.05) is 96.5 Å². The fourth-order valence-electron chi connectivity index (χ4n) is 3.65. The summed E-state index contributed by atoms with van der Waals surface area (Å²) < 4.78 is 0. The lowest BCUT2D eigenvalue weighted by Crippen LogP contribution is -1.84. The first kappa shape index (κ1) is 16.1. The van der Waals surface area contributed by atoms with Crippen LogP contribution in [-0.4, -0.2) is 0 Å². The smallest absolute Gasteiger partial charge is 0.0490 e. The van der Waals surface area contributed by atoms with E-state index in [0.29, 0.717) is 0 Å². The minimum absolute atomic E-state index is 0.774. The van der Waals surface area contributed by atoms with E-state index in [1.165, 1.54) is 27.1 Å². The molecule has 0 bridgehead atoms. The minimum atomic E-state index is 0.774. The molecule has 0 radical (unpaired) electrons. The Kier molecular flexibility index (Phi) is 3.92. The average molecular weight is 365 g/mol. The molecule has 27 heavy (non-hydrogen) atoms.